The van der Waals surface area contributed by atoms with Crippen molar-refractivity contribution in [3.8, 4) is 0 Å². The molecular formula is C23H26N2OS. The Labute approximate surface area is 166 Å². The van der Waals surface area contributed by atoms with Crippen molar-refractivity contribution in [1.82, 2.24) is 0 Å². The number of benzene rings is 2. The van der Waals surface area contributed by atoms with Crippen molar-refractivity contribution in [2.75, 3.05) is 11.9 Å². The Morgan fingerprint density at radius 3 is 2.37 bits per heavy atom. The highest BCUT2D eigenvalue weighted by molar-refractivity contribution is 7.80. The van der Waals surface area contributed by atoms with Gasteiger partial charge in [0.25, 0.3) is 0 Å². The molecule has 0 aromatic heterocycles. The predicted molar refractivity (Wildman–Crippen MR) is 117 cm³/mol. The Kier molecular flexibility index (Phi) is 6.17. The van der Waals surface area contributed by atoms with Gasteiger partial charge in [-0.25, -0.2) is 0 Å². The highest BCUT2D eigenvalue weighted by Gasteiger charge is 2.40. The Hall–Kier alpha value is -2.33. The number of thiocarbonyl (C=S) groups is 1. The second-order valence-corrected chi connectivity index (χ2v) is 8.32. The first-order chi connectivity index (χ1) is 12.9. The molecule has 1 aliphatic rings. The van der Waals surface area contributed by atoms with Gasteiger partial charge in [0.05, 0.1) is 4.99 Å². The average molecular weight is 379 g/mol. The zero-order chi connectivity index (χ0) is 19.3. The maximum absolute atomic E-state index is 12.9. The van der Waals surface area contributed by atoms with Gasteiger partial charge in [0.1, 0.15) is 11.7 Å². The van der Waals surface area contributed by atoms with Gasteiger partial charge in [-0.15, -0.1) is 0 Å². The fourth-order valence-corrected chi connectivity index (χ4v) is 3.95. The monoisotopic (exact) mass is 378 g/mol. The van der Waals surface area contributed by atoms with E-state index in [0.29, 0.717) is 18.0 Å². The van der Waals surface area contributed by atoms with Crippen LogP contribution in [-0.4, -0.2) is 23.0 Å². The van der Waals surface area contributed by atoms with Gasteiger partial charge >= 0.3 is 0 Å². The Balaban J connectivity index is 1.76. The molecule has 2 aromatic rings. The zero-order valence-electron chi connectivity index (χ0n) is 15.9. The highest BCUT2D eigenvalue weighted by atomic mass is 32.1. The number of para-hydroxylation sites is 1. The van der Waals surface area contributed by atoms with Crippen molar-refractivity contribution in [2.24, 2.45) is 16.3 Å². The largest absolute Gasteiger partial charge is 0.349 e. The summed E-state index contributed by atoms with van der Waals surface area (Å²) >= 11 is 5.62. The number of carbonyl (C=O) groups excluding carboxylic acids is 1. The second-order valence-electron chi connectivity index (χ2n) is 7.88. The van der Waals surface area contributed by atoms with E-state index in [2.05, 4.69) is 31.3 Å². The van der Waals surface area contributed by atoms with Crippen LogP contribution >= 0.6 is 12.2 Å². The van der Waals surface area contributed by atoms with Crippen molar-refractivity contribution >= 4 is 34.4 Å². The molecule has 1 fully saturated rings. The Bertz CT molecular complexity index is 828. The maximum Gasteiger partial charge on any atom is 0.148 e. The zero-order valence-corrected chi connectivity index (χ0v) is 16.8. The third-order valence-corrected chi connectivity index (χ3v) is 5.17. The molecule has 2 aromatic carbocycles. The quantitative estimate of drug-likeness (QED) is 0.735. The summed E-state index contributed by atoms with van der Waals surface area (Å²) in [5.74, 6) is -0.248. The van der Waals surface area contributed by atoms with Gasteiger partial charge in [0.15, 0.2) is 0 Å². The lowest BCUT2D eigenvalue weighted by Gasteiger charge is -2.35. The van der Waals surface area contributed by atoms with Crippen LogP contribution in [0.15, 0.2) is 65.7 Å². The van der Waals surface area contributed by atoms with Gasteiger partial charge in [0, 0.05) is 24.4 Å². The van der Waals surface area contributed by atoms with E-state index in [1.807, 2.05) is 48.5 Å². The number of rotatable bonds is 5. The van der Waals surface area contributed by atoms with Crippen LogP contribution < -0.4 is 5.32 Å². The van der Waals surface area contributed by atoms with E-state index in [0.717, 1.165) is 24.2 Å². The minimum absolute atomic E-state index is 0.0679. The lowest BCUT2D eigenvalue weighted by molar-refractivity contribution is -0.122. The van der Waals surface area contributed by atoms with Crippen molar-refractivity contribution in [3.05, 3.63) is 66.2 Å². The summed E-state index contributed by atoms with van der Waals surface area (Å²) in [4.78, 5) is 18.3. The molecule has 0 bridgehead atoms. The van der Waals surface area contributed by atoms with E-state index < -0.39 is 5.92 Å². The van der Waals surface area contributed by atoms with Crippen LogP contribution in [0.3, 0.4) is 0 Å². The van der Waals surface area contributed by atoms with Crippen molar-refractivity contribution < 1.29 is 4.79 Å². The normalized spacial score (nSPS) is 20.4. The van der Waals surface area contributed by atoms with Gasteiger partial charge in [-0.2, -0.15) is 0 Å². The van der Waals surface area contributed by atoms with E-state index in [1.54, 1.807) is 0 Å². The van der Waals surface area contributed by atoms with Crippen molar-refractivity contribution in [3.63, 3.8) is 0 Å². The maximum atomic E-state index is 12.9. The van der Waals surface area contributed by atoms with Crippen molar-refractivity contribution in [1.29, 1.82) is 0 Å². The number of nitrogens with one attached hydrogen (secondary N) is 1. The molecule has 1 saturated carbocycles. The van der Waals surface area contributed by atoms with Gasteiger partial charge in [0.2, 0.25) is 0 Å². The minimum atomic E-state index is -0.413. The summed E-state index contributed by atoms with van der Waals surface area (Å²) in [6.45, 7) is 4.93. The lowest BCUT2D eigenvalue weighted by atomic mass is 9.71. The van der Waals surface area contributed by atoms with Crippen molar-refractivity contribution in [2.45, 2.75) is 33.1 Å². The van der Waals surface area contributed by atoms with E-state index >= 15 is 0 Å². The molecule has 0 heterocycles. The topological polar surface area (TPSA) is 41.5 Å². The van der Waals surface area contributed by atoms with Crippen LogP contribution in [0.5, 0.6) is 0 Å². The molecule has 1 atom stereocenters. The molecule has 0 spiro atoms. The first-order valence-corrected chi connectivity index (χ1v) is 9.81. The summed E-state index contributed by atoms with van der Waals surface area (Å²) in [5, 5.41) is 3.24. The number of hydrogen-bond acceptors (Lipinski definition) is 3. The summed E-state index contributed by atoms with van der Waals surface area (Å²) < 4.78 is 0. The SMILES string of the molecule is CC1(C)CC(=O)C(C(=S)Nc2ccccc2)C(=NCCc2ccccc2)C1. The van der Waals surface area contributed by atoms with Gasteiger partial charge in [-0.05, 0) is 36.0 Å². The molecular weight excluding hydrogens is 352 g/mol. The number of aliphatic imine (C=N–C) groups is 1. The highest BCUT2D eigenvalue weighted by Crippen LogP contribution is 2.35. The van der Waals surface area contributed by atoms with E-state index in [9.17, 15) is 4.79 Å². The molecule has 3 nitrogen and oxygen atoms in total. The Morgan fingerprint density at radius 1 is 1.07 bits per heavy atom. The third-order valence-electron chi connectivity index (χ3n) is 4.83. The standard InChI is InChI=1S/C23H26N2OS/c1-23(2)15-19(24-14-13-17-9-5-3-6-10-17)21(20(26)16-23)22(27)25-18-11-7-4-8-12-18/h3-12,21H,13-16H2,1-2H3,(H,25,27). The number of Topliss-reactive ketones (excluding diaryl/α,β-unsaturated/α-hetero) is 1. The predicted octanol–water partition coefficient (Wildman–Crippen LogP) is 5.11. The van der Waals surface area contributed by atoms with Gasteiger partial charge < -0.3 is 5.32 Å². The molecule has 27 heavy (non-hydrogen) atoms. The van der Waals surface area contributed by atoms with Gasteiger partial charge in [-0.1, -0.05) is 74.6 Å². The molecule has 1 N–H and O–H groups in total. The number of ketones is 1. The van der Waals surface area contributed by atoms with Crippen LogP contribution in [0, 0.1) is 11.3 Å². The molecule has 0 aliphatic heterocycles. The van der Waals surface area contributed by atoms with Gasteiger partial charge in [-0.3, -0.25) is 9.79 Å². The van der Waals surface area contributed by atoms with Crippen LogP contribution in [0.2, 0.25) is 0 Å². The number of carbonyl (C=O) groups is 1. The molecule has 3 rings (SSSR count). The molecule has 0 amide bonds. The lowest BCUT2D eigenvalue weighted by Crippen LogP contribution is -2.43. The number of hydrogen-bond donors (Lipinski definition) is 1. The first-order valence-electron chi connectivity index (χ1n) is 9.40. The number of nitrogens with zero attached hydrogens (tertiary/aromatic N) is 1. The van der Waals surface area contributed by atoms with Crippen LogP contribution in [0.1, 0.15) is 32.3 Å². The summed E-state index contributed by atoms with van der Waals surface area (Å²) in [6.07, 6.45) is 2.20. The number of anilines is 1. The summed E-state index contributed by atoms with van der Waals surface area (Å²) in [6, 6.07) is 20.1. The van der Waals surface area contributed by atoms with E-state index in [1.165, 1.54) is 5.56 Å². The fourth-order valence-electron chi connectivity index (χ4n) is 3.57. The molecule has 0 radical (unpaired) electrons. The summed E-state index contributed by atoms with van der Waals surface area (Å²) in [7, 11) is 0. The minimum Gasteiger partial charge on any atom is -0.349 e. The fraction of sp³-hybridized carbons (Fsp3) is 0.348. The second kappa shape index (κ2) is 8.57. The Morgan fingerprint density at radius 2 is 1.70 bits per heavy atom. The smallest absolute Gasteiger partial charge is 0.148 e. The summed E-state index contributed by atoms with van der Waals surface area (Å²) in [5.41, 5.74) is 3.01. The van der Waals surface area contributed by atoms with E-state index in [-0.39, 0.29) is 11.2 Å². The molecule has 140 valence electrons. The molecule has 0 saturated heterocycles. The van der Waals surface area contributed by atoms with Crippen LogP contribution in [-0.2, 0) is 11.2 Å². The average Bonchev–Trinajstić information content (AvgIpc) is 2.62. The molecule has 1 unspecified atom stereocenters. The molecule has 1 aliphatic carbocycles. The molecule has 4 heteroatoms. The van der Waals surface area contributed by atoms with Crippen LogP contribution in [0.4, 0.5) is 5.69 Å². The van der Waals surface area contributed by atoms with Crippen LogP contribution in [0.25, 0.3) is 0 Å². The third kappa shape index (κ3) is 5.33. The van der Waals surface area contributed by atoms with E-state index in [4.69, 9.17) is 17.2 Å². The first kappa shape index (κ1) is 19.4.